The van der Waals surface area contributed by atoms with Crippen LogP contribution >= 0.6 is 0 Å². The highest BCUT2D eigenvalue weighted by Crippen LogP contribution is 2.17. The summed E-state index contributed by atoms with van der Waals surface area (Å²) in [5.74, 6) is 2.00. The summed E-state index contributed by atoms with van der Waals surface area (Å²) in [5.41, 5.74) is 0.736. The summed E-state index contributed by atoms with van der Waals surface area (Å²) in [6, 6.07) is 9.02. The van der Waals surface area contributed by atoms with Gasteiger partial charge in [0.05, 0.1) is 19.3 Å². The molecule has 0 fully saturated rings. The fourth-order valence-electron chi connectivity index (χ4n) is 2.82. The van der Waals surface area contributed by atoms with Crippen LogP contribution in [0.5, 0.6) is 17.2 Å². The van der Waals surface area contributed by atoms with Gasteiger partial charge in [-0.15, -0.1) is 0 Å². The van der Waals surface area contributed by atoms with Crippen molar-refractivity contribution >= 4 is 0 Å². The second-order valence-electron chi connectivity index (χ2n) is 6.19. The molecular formula is C21H30N2O4. The number of nitrogens with zero attached hydrogens (tertiary/aromatic N) is 2. The van der Waals surface area contributed by atoms with E-state index in [2.05, 4.69) is 18.7 Å². The van der Waals surface area contributed by atoms with Crippen molar-refractivity contribution in [1.82, 2.24) is 9.47 Å². The summed E-state index contributed by atoms with van der Waals surface area (Å²) >= 11 is 0. The molecule has 0 unspecified atom stereocenters. The molecule has 0 amide bonds. The maximum atomic E-state index is 12.2. The first-order valence-corrected chi connectivity index (χ1v) is 9.41. The molecule has 0 aliphatic carbocycles. The predicted molar refractivity (Wildman–Crippen MR) is 107 cm³/mol. The standard InChI is InChI=1S/C21H30N2O4/c1-5-22(6-2)13-15-27-21-17(3)23(12-11-20(21)24)14-16-26-19-9-7-18(25-4)8-10-19/h7-12H,5-6,13-16H2,1-4H3. The van der Waals surface area contributed by atoms with Crippen molar-refractivity contribution in [2.75, 3.05) is 40.0 Å². The van der Waals surface area contributed by atoms with E-state index in [1.54, 1.807) is 19.4 Å². The molecule has 0 saturated heterocycles. The lowest BCUT2D eigenvalue weighted by atomic mass is 10.3. The van der Waals surface area contributed by atoms with Crippen LogP contribution < -0.4 is 19.6 Å². The van der Waals surface area contributed by atoms with Gasteiger partial charge >= 0.3 is 0 Å². The summed E-state index contributed by atoms with van der Waals surface area (Å²) in [4.78, 5) is 14.4. The number of hydrogen-bond donors (Lipinski definition) is 0. The van der Waals surface area contributed by atoms with Crippen LogP contribution in [-0.2, 0) is 6.54 Å². The maximum Gasteiger partial charge on any atom is 0.223 e. The summed E-state index contributed by atoms with van der Waals surface area (Å²) in [7, 11) is 1.64. The Morgan fingerprint density at radius 1 is 0.963 bits per heavy atom. The molecular weight excluding hydrogens is 344 g/mol. The van der Waals surface area contributed by atoms with Gasteiger partial charge in [-0.3, -0.25) is 4.79 Å². The third-order valence-electron chi connectivity index (χ3n) is 4.60. The molecule has 1 aromatic carbocycles. The number of rotatable bonds is 11. The molecule has 0 aliphatic rings. The van der Waals surface area contributed by atoms with Crippen molar-refractivity contribution in [3.63, 3.8) is 0 Å². The van der Waals surface area contributed by atoms with Crippen molar-refractivity contribution in [3.05, 3.63) is 52.4 Å². The summed E-state index contributed by atoms with van der Waals surface area (Å²) < 4.78 is 18.7. The van der Waals surface area contributed by atoms with Crippen LogP contribution in [0, 0.1) is 6.92 Å². The quantitative estimate of drug-likeness (QED) is 0.605. The lowest BCUT2D eigenvalue weighted by Crippen LogP contribution is -2.29. The minimum absolute atomic E-state index is 0.0839. The zero-order valence-electron chi connectivity index (χ0n) is 16.7. The van der Waals surface area contributed by atoms with Crippen molar-refractivity contribution in [2.24, 2.45) is 0 Å². The smallest absolute Gasteiger partial charge is 0.223 e. The predicted octanol–water partition coefficient (Wildman–Crippen LogP) is 2.96. The topological polar surface area (TPSA) is 52.9 Å². The Labute approximate surface area is 161 Å². The van der Waals surface area contributed by atoms with Gasteiger partial charge in [0.2, 0.25) is 5.43 Å². The molecule has 2 aromatic rings. The van der Waals surface area contributed by atoms with Crippen LogP contribution in [0.3, 0.4) is 0 Å². The average molecular weight is 374 g/mol. The van der Waals surface area contributed by atoms with Crippen LogP contribution in [0.1, 0.15) is 19.5 Å². The number of aromatic nitrogens is 1. The summed E-state index contributed by atoms with van der Waals surface area (Å²) in [6.45, 7) is 10.5. The highest BCUT2D eigenvalue weighted by molar-refractivity contribution is 5.31. The molecule has 0 atom stereocenters. The second kappa shape index (κ2) is 10.6. The monoisotopic (exact) mass is 374 g/mol. The molecule has 27 heavy (non-hydrogen) atoms. The Hall–Kier alpha value is -2.47. The van der Waals surface area contributed by atoms with Gasteiger partial charge in [-0.25, -0.2) is 0 Å². The van der Waals surface area contributed by atoms with Gasteiger partial charge in [0.15, 0.2) is 5.75 Å². The molecule has 0 saturated carbocycles. The molecule has 0 aliphatic heterocycles. The minimum atomic E-state index is -0.0839. The van der Waals surface area contributed by atoms with Crippen molar-refractivity contribution in [3.8, 4) is 17.2 Å². The first-order chi connectivity index (χ1) is 13.1. The van der Waals surface area contributed by atoms with Crippen LogP contribution in [0.4, 0.5) is 0 Å². The lowest BCUT2D eigenvalue weighted by Gasteiger charge is -2.19. The van der Waals surface area contributed by atoms with E-state index in [1.165, 1.54) is 0 Å². The highest BCUT2D eigenvalue weighted by atomic mass is 16.5. The van der Waals surface area contributed by atoms with Gasteiger partial charge in [0.1, 0.15) is 24.7 Å². The zero-order chi connectivity index (χ0) is 19.6. The first-order valence-electron chi connectivity index (χ1n) is 9.41. The van der Waals surface area contributed by atoms with Crippen molar-refractivity contribution in [2.45, 2.75) is 27.3 Å². The van der Waals surface area contributed by atoms with Gasteiger partial charge < -0.3 is 23.7 Å². The van der Waals surface area contributed by atoms with E-state index in [0.29, 0.717) is 25.5 Å². The van der Waals surface area contributed by atoms with Crippen LogP contribution in [-0.4, -0.2) is 49.4 Å². The largest absolute Gasteiger partial charge is 0.497 e. The fourth-order valence-corrected chi connectivity index (χ4v) is 2.82. The number of hydrogen-bond acceptors (Lipinski definition) is 5. The third kappa shape index (κ3) is 6.03. The number of ether oxygens (including phenoxy) is 3. The van der Waals surface area contributed by atoms with E-state index in [4.69, 9.17) is 14.2 Å². The molecule has 148 valence electrons. The molecule has 0 N–H and O–H groups in total. The first kappa shape index (κ1) is 20.8. The molecule has 2 rings (SSSR count). The molecule has 6 heteroatoms. The van der Waals surface area contributed by atoms with E-state index in [1.807, 2.05) is 35.8 Å². The van der Waals surface area contributed by atoms with Crippen molar-refractivity contribution < 1.29 is 14.2 Å². The Balaban J connectivity index is 1.93. The lowest BCUT2D eigenvalue weighted by molar-refractivity contribution is 0.219. The van der Waals surface area contributed by atoms with E-state index in [9.17, 15) is 4.79 Å². The van der Waals surface area contributed by atoms with Crippen molar-refractivity contribution in [1.29, 1.82) is 0 Å². The van der Waals surface area contributed by atoms with E-state index in [0.717, 1.165) is 36.8 Å². The number of benzene rings is 1. The van der Waals surface area contributed by atoms with Crippen LogP contribution in [0.15, 0.2) is 41.3 Å². The van der Waals surface area contributed by atoms with Gasteiger partial charge in [-0.1, -0.05) is 13.8 Å². The van der Waals surface area contributed by atoms with Gasteiger partial charge in [0.25, 0.3) is 0 Å². The van der Waals surface area contributed by atoms with E-state index in [-0.39, 0.29) is 5.43 Å². The molecule has 1 heterocycles. The van der Waals surface area contributed by atoms with Gasteiger partial charge in [-0.05, 0) is 44.3 Å². The Kier molecular flexibility index (Phi) is 8.20. The van der Waals surface area contributed by atoms with Gasteiger partial charge in [-0.2, -0.15) is 0 Å². The Bertz CT molecular complexity index is 752. The number of methoxy groups -OCH3 is 1. The normalized spacial score (nSPS) is 10.9. The average Bonchev–Trinajstić information content (AvgIpc) is 2.69. The summed E-state index contributed by atoms with van der Waals surface area (Å²) in [5, 5.41) is 0. The van der Waals surface area contributed by atoms with E-state index >= 15 is 0 Å². The minimum Gasteiger partial charge on any atom is -0.497 e. The summed E-state index contributed by atoms with van der Waals surface area (Å²) in [6.07, 6.45) is 1.78. The van der Waals surface area contributed by atoms with E-state index < -0.39 is 0 Å². The molecule has 0 bridgehead atoms. The zero-order valence-corrected chi connectivity index (χ0v) is 16.7. The maximum absolute atomic E-state index is 12.2. The van der Waals surface area contributed by atoms with Gasteiger partial charge in [0, 0.05) is 18.8 Å². The molecule has 6 nitrogen and oxygen atoms in total. The number of likely N-dealkylation sites (N-methyl/N-ethyl adjacent to an activating group) is 1. The SMILES string of the molecule is CCN(CC)CCOc1c(C)n(CCOc2ccc(OC)cc2)ccc1=O. The highest BCUT2D eigenvalue weighted by Gasteiger charge is 2.09. The number of pyridine rings is 1. The Morgan fingerprint density at radius 2 is 1.63 bits per heavy atom. The molecule has 1 aromatic heterocycles. The van der Waals surface area contributed by atoms with Crippen LogP contribution in [0.2, 0.25) is 0 Å². The molecule has 0 radical (unpaired) electrons. The third-order valence-corrected chi connectivity index (χ3v) is 4.60. The fraction of sp³-hybridized carbons (Fsp3) is 0.476. The molecule has 0 spiro atoms. The second-order valence-corrected chi connectivity index (χ2v) is 6.19. The van der Waals surface area contributed by atoms with Crippen LogP contribution in [0.25, 0.3) is 0 Å². The Morgan fingerprint density at radius 3 is 2.26 bits per heavy atom.